The molecule has 1 aromatic heterocycles. The van der Waals surface area contributed by atoms with Crippen molar-refractivity contribution in [3.05, 3.63) is 53.9 Å². The van der Waals surface area contributed by atoms with E-state index < -0.39 is 0 Å². The third-order valence-electron chi connectivity index (χ3n) is 4.78. The van der Waals surface area contributed by atoms with Crippen molar-refractivity contribution >= 4 is 23.4 Å². The highest BCUT2D eigenvalue weighted by Gasteiger charge is 2.22. The van der Waals surface area contributed by atoms with Crippen molar-refractivity contribution in [2.24, 2.45) is 0 Å². The molecule has 28 heavy (non-hydrogen) atoms. The molecule has 1 saturated heterocycles. The van der Waals surface area contributed by atoms with E-state index in [4.69, 9.17) is 4.74 Å². The third kappa shape index (κ3) is 4.79. The number of benzene rings is 1. The molecule has 1 aliphatic heterocycles. The number of ether oxygens (including phenoxy) is 1. The van der Waals surface area contributed by atoms with Gasteiger partial charge < -0.3 is 19.9 Å². The molecule has 2 heterocycles. The summed E-state index contributed by atoms with van der Waals surface area (Å²) in [6.45, 7) is 6.78. The lowest BCUT2D eigenvalue weighted by Crippen LogP contribution is -2.49. The van der Waals surface area contributed by atoms with Crippen LogP contribution in [0.5, 0.6) is 0 Å². The maximum Gasteiger partial charge on any atom is 0.409 e. The Bertz CT molecular complexity index is 815. The van der Waals surface area contributed by atoms with Crippen LogP contribution in [-0.4, -0.2) is 54.7 Å². The van der Waals surface area contributed by atoms with Crippen LogP contribution < -0.4 is 10.2 Å². The van der Waals surface area contributed by atoms with Crippen LogP contribution in [0.4, 0.5) is 16.2 Å². The molecule has 0 unspecified atom stereocenters. The number of rotatable bonds is 5. The second-order valence-corrected chi connectivity index (χ2v) is 6.61. The molecule has 0 bridgehead atoms. The first-order valence-electron chi connectivity index (χ1n) is 9.62. The van der Waals surface area contributed by atoms with Gasteiger partial charge in [0.2, 0.25) is 0 Å². The number of carbonyl (C=O) groups excluding carboxylic acids is 2. The van der Waals surface area contributed by atoms with Gasteiger partial charge in [0.15, 0.2) is 0 Å². The fourth-order valence-corrected chi connectivity index (χ4v) is 3.11. The molecule has 2 amide bonds. The van der Waals surface area contributed by atoms with Gasteiger partial charge in [-0.05, 0) is 37.1 Å². The van der Waals surface area contributed by atoms with Gasteiger partial charge >= 0.3 is 6.09 Å². The number of anilines is 2. The Kier molecular flexibility index (Phi) is 6.47. The molecular formula is C21H26N4O3. The Balaban J connectivity index is 1.62. The normalized spacial score (nSPS) is 13.9. The highest BCUT2D eigenvalue weighted by atomic mass is 16.6. The van der Waals surface area contributed by atoms with E-state index in [-0.39, 0.29) is 12.0 Å². The second kappa shape index (κ2) is 9.21. The van der Waals surface area contributed by atoms with E-state index in [1.807, 2.05) is 30.3 Å². The van der Waals surface area contributed by atoms with E-state index >= 15 is 0 Å². The molecule has 3 rings (SSSR count). The highest BCUT2D eigenvalue weighted by molar-refractivity contribution is 6.04. The second-order valence-electron chi connectivity index (χ2n) is 6.61. The average Bonchev–Trinajstić information content (AvgIpc) is 2.74. The summed E-state index contributed by atoms with van der Waals surface area (Å²) in [5.41, 5.74) is 3.36. The summed E-state index contributed by atoms with van der Waals surface area (Å²) in [5.74, 6) is -0.191. The van der Waals surface area contributed by atoms with Crippen LogP contribution in [0, 0.1) is 0 Å². The molecule has 7 heteroatoms. The van der Waals surface area contributed by atoms with Gasteiger partial charge in [0.1, 0.15) is 0 Å². The van der Waals surface area contributed by atoms with Crippen LogP contribution in [-0.2, 0) is 11.2 Å². The zero-order chi connectivity index (χ0) is 19.9. The van der Waals surface area contributed by atoms with Crippen LogP contribution in [0.2, 0.25) is 0 Å². The average molecular weight is 382 g/mol. The standard InChI is InChI=1S/C21H26N4O3/c1-3-16-5-7-18(8-6-16)23-20(26)17-13-19(15-22-14-17)24-9-11-25(12-10-24)21(27)28-4-2/h5-8,13-15H,3-4,9-12H2,1-2H3,(H,23,26). The number of hydrogen-bond acceptors (Lipinski definition) is 5. The molecule has 0 aliphatic carbocycles. The van der Waals surface area contributed by atoms with E-state index in [0.717, 1.165) is 17.8 Å². The van der Waals surface area contributed by atoms with Gasteiger partial charge in [0.25, 0.3) is 5.91 Å². The molecule has 0 saturated carbocycles. The van der Waals surface area contributed by atoms with Crippen LogP contribution >= 0.6 is 0 Å². The SMILES string of the molecule is CCOC(=O)N1CCN(c2cncc(C(=O)Nc3ccc(CC)cc3)c2)CC1. The molecular weight excluding hydrogens is 356 g/mol. The first kappa shape index (κ1) is 19.7. The summed E-state index contributed by atoms with van der Waals surface area (Å²) >= 11 is 0. The summed E-state index contributed by atoms with van der Waals surface area (Å²) in [5, 5.41) is 2.91. The number of pyridine rings is 1. The first-order valence-corrected chi connectivity index (χ1v) is 9.62. The van der Waals surface area contributed by atoms with Crippen LogP contribution in [0.3, 0.4) is 0 Å². The molecule has 0 atom stereocenters. The molecule has 0 radical (unpaired) electrons. The predicted octanol–water partition coefficient (Wildman–Crippen LogP) is 3.17. The fraction of sp³-hybridized carbons (Fsp3) is 0.381. The van der Waals surface area contributed by atoms with Gasteiger partial charge in [0.05, 0.1) is 24.1 Å². The third-order valence-corrected chi connectivity index (χ3v) is 4.78. The Hall–Kier alpha value is -3.09. The largest absolute Gasteiger partial charge is 0.450 e. The Morgan fingerprint density at radius 3 is 2.43 bits per heavy atom. The topological polar surface area (TPSA) is 74.8 Å². The fourth-order valence-electron chi connectivity index (χ4n) is 3.11. The van der Waals surface area contributed by atoms with Crippen LogP contribution in [0.1, 0.15) is 29.8 Å². The van der Waals surface area contributed by atoms with Crippen molar-refractivity contribution in [2.45, 2.75) is 20.3 Å². The summed E-state index contributed by atoms with van der Waals surface area (Å²) in [7, 11) is 0. The molecule has 2 aromatic rings. The summed E-state index contributed by atoms with van der Waals surface area (Å²) < 4.78 is 5.05. The Labute approximate surface area is 165 Å². The van der Waals surface area contributed by atoms with E-state index in [9.17, 15) is 9.59 Å². The number of carbonyl (C=O) groups is 2. The van der Waals surface area contributed by atoms with Gasteiger partial charge in [-0.3, -0.25) is 9.78 Å². The van der Waals surface area contributed by atoms with Crippen LogP contribution in [0.15, 0.2) is 42.7 Å². The van der Waals surface area contributed by atoms with Crippen molar-refractivity contribution in [1.82, 2.24) is 9.88 Å². The Morgan fingerprint density at radius 1 is 1.07 bits per heavy atom. The smallest absolute Gasteiger partial charge is 0.409 e. The zero-order valence-corrected chi connectivity index (χ0v) is 16.4. The van der Waals surface area contributed by atoms with Gasteiger partial charge in [0, 0.05) is 38.1 Å². The van der Waals surface area contributed by atoms with Crippen LogP contribution in [0.25, 0.3) is 0 Å². The first-order chi connectivity index (χ1) is 13.6. The number of hydrogen-bond donors (Lipinski definition) is 1. The van der Waals surface area contributed by atoms with Crippen molar-refractivity contribution in [3.8, 4) is 0 Å². The number of piperazine rings is 1. The van der Waals surface area contributed by atoms with Crippen molar-refractivity contribution < 1.29 is 14.3 Å². The summed E-state index contributed by atoms with van der Waals surface area (Å²) in [6.07, 6.45) is 3.99. The lowest BCUT2D eigenvalue weighted by molar-refractivity contribution is 0.102. The minimum Gasteiger partial charge on any atom is -0.450 e. The molecule has 148 valence electrons. The molecule has 1 fully saturated rings. The van der Waals surface area contributed by atoms with Gasteiger partial charge in [-0.1, -0.05) is 19.1 Å². The maximum atomic E-state index is 12.6. The zero-order valence-electron chi connectivity index (χ0n) is 16.4. The van der Waals surface area contributed by atoms with E-state index in [1.54, 1.807) is 24.2 Å². The van der Waals surface area contributed by atoms with Crippen molar-refractivity contribution in [2.75, 3.05) is 43.0 Å². The minimum atomic E-state index is -0.275. The van der Waals surface area contributed by atoms with E-state index in [0.29, 0.717) is 38.3 Å². The molecule has 0 spiro atoms. The van der Waals surface area contributed by atoms with Crippen molar-refractivity contribution in [3.63, 3.8) is 0 Å². The maximum absolute atomic E-state index is 12.6. The number of nitrogens with one attached hydrogen (secondary N) is 1. The number of aryl methyl sites for hydroxylation is 1. The number of amides is 2. The monoisotopic (exact) mass is 382 g/mol. The quantitative estimate of drug-likeness (QED) is 0.860. The predicted molar refractivity (Wildman–Crippen MR) is 109 cm³/mol. The number of nitrogens with zero attached hydrogens (tertiary/aromatic N) is 3. The number of aromatic nitrogens is 1. The molecule has 1 aromatic carbocycles. The highest BCUT2D eigenvalue weighted by Crippen LogP contribution is 2.18. The molecule has 1 N–H and O–H groups in total. The lowest BCUT2D eigenvalue weighted by atomic mass is 10.1. The van der Waals surface area contributed by atoms with E-state index in [2.05, 4.69) is 22.1 Å². The lowest BCUT2D eigenvalue weighted by Gasteiger charge is -2.35. The van der Waals surface area contributed by atoms with Gasteiger partial charge in [-0.25, -0.2) is 4.79 Å². The van der Waals surface area contributed by atoms with Gasteiger partial charge in [-0.2, -0.15) is 0 Å². The van der Waals surface area contributed by atoms with E-state index in [1.165, 1.54) is 5.56 Å². The Morgan fingerprint density at radius 2 is 1.79 bits per heavy atom. The summed E-state index contributed by atoms with van der Waals surface area (Å²) in [6, 6.07) is 9.66. The van der Waals surface area contributed by atoms with Crippen molar-refractivity contribution in [1.29, 1.82) is 0 Å². The van der Waals surface area contributed by atoms with Gasteiger partial charge in [-0.15, -0.1) is 0 Å². The summed E-state index contributed by atoms with van der Waals surface area (Å²) in [4.78, 5) is 32.4. The minimum absolute atomic E-state index is 0.191. The molecule has 1 aliphatic rings. The molecule has 7 nitrogen and oxygen atoms in total.